The number of anilines is 1. The second-order valence-electron chi connectivity index (χ2n) is 7.35. The third-order valence-electron chi connectivity index (χ3n) is 5.40. The Balaban J connectivity index is 1.53. The predicted molar refractivity (Wildman–Crippen MR) is 108 cm³/mol. The molecular weight excluding hydrogens is 352 g/mol. The van der Waals surface area contributed by atoms with Gasteiger partial charge in [-0.05, 0) is 50.8 Å². The molecule has 0 radical (unpaired) electrons. The first-order chi connectivity index (χ1) is 13.5. The van der Waals surface area contributed by atoms with Crippen LogP contribution in [0.2, 0.25) is 0 Å². The first kappa shape index (κ1) is 18.2. The van der Waals surface area contributed by atoms with Crippen LogP contribution < -0.4 is 5.32 Å². The number of carbonyl (C=O) groups is 1. The maximum Gasteiger partial charge on any atom is 0.322 e. The molecule has 1 saturated heterocycles. The molecule has 2 amide bonds. The zero-order valence-electron chi connectivity index (χ0n) is 16.4. The van der Waals surface area contributed by atoms with E-state index in [4.69, 9.17) is 4.52 Å². The summed E-state index contributed by atoms with van der Waals surface area (Å²) in [6, 6.07) is 13.6. The monoisotopic (exact) mass is 376 g/mol. The highest BCUT2D eigenvalue weighted by Gasteiger charge is 2.34. The molecule has 1 fully saturated rings. The highest BCUT2D eigenvalue weighted by Crippen LogP contribution is 2.33. The van der Waals surface area contributed by atoms with E-state index in [-0.39, 0.29) is 12.1 Å². The molecule has 2 heterocycles. The normalized spacial score (nSPS) is 16.4. The van der Waals surface area contributed by atoms with Gasteiger partial charge in [0, 0.05) is 17.8 Å². The fraction of sp³-hybridized carbons (Fsp3) is 0.318. The van der Waals surface area contributed by atoms with Gasteiger partial charge in [-0.1, -0.05) is 47.1 Å². The number of hydrogen-bond acceptors (Lipinski definition) is 4. The molecule has 0 aliphatic carbocycles. The number of aryl methyl sites for hydroxylation is 2. The Hall–Kier alpha value is -3.15. The van der Waals surface area contributed by atoms with Gasteiger partial charge >= 0.3 is 6.03 Å². The molecule has 144 valence electrons. The predicted octanol–water partition coefficient (Wildman–Crippen LogP) is 5.03. The van der Waals surface area contributed by atoms with Crippen LogP contribution in [-0.4, -0.2) is 27.6 Å². The van der Waals surface area contributed by atoms with E-state index >= 15 is 0 Å². The van der Waals surface area contributed by atoms with Crippen LogP contribution in [-0.2, 0) is 0 Å². The summed E-state index contributed by atoms with van der Waals surface area (Å²) in [4.78, 5) is 19.3. The summed E-state index contributed by atoms with van der Waals surface area (Å²) in [6.45, 7) is 6.76. The van der Waals surface area contributed by atoms with Crippen LogP contribution >= 0.6 is 0 Å². The van der Waals surface area contributed by atoms with Gasteiger partial charge in [-0.15, -0.1) is 0 Å². The quantitative estimate of drug-likeness (QED) is 0.696. The molecule has 1 aromatic heterocycles. The number of benzene rings is 2. The van der Waals surface area contributed by atoms with Crippen molar-refractivity contribution in [1.82, 2.24) is 15.0 Å². The summed E-state index contributed by atoms with van der Waals surface area (Å²) >= 11 is 0. The molecule has 1 aliphatic heterocycles. The van der Waals surface area contributed by atoms with Crippen molar-refractivity contribution in [2.24, 2.45) is 0 Å². The van der Waals surface area contributed by atoms with E-state index in [1.807, 2.05) is 63.2 Å². The van der Waals surface area contributed by atoms with Crippen molar-refractivity contribution in [2.45, 2.75) is 39.7 Å². The zero-order valence-corrected chi connectivity index (χ0v) is 16.4. The van der Waals surface area contributed by atoms with E-state index in [0.717, 1.165) is 35.2 Å². The third-order valence-corrected chi connectivity index (χ3v) is 5.40. The second kappa shape index (κ2) is 7.46. The topological polar surface area (TPSA) is 71.3 Å². The maximum absolute atomic E-state index is 12.9. The molecule has 6 heteroatoms. The summed E-state index contributed by atoms with van der Waals surface area (Å²) in [7, 11) is 0. The minimum atomic E-state index is -0.197. The van der Waals surface area contributed by atoms with Crippen molar-refractivity contribution in [3.05, 3.63) is 65.0 Å². The highest BCUT2D eigenvalue weighted by molar-refractivity contribution is 5.90. The molecule has 1 N–H and O–H groups in total. The smallest absolute Gasteiger partial charge is 0.322 e. The van der Waals surface area contributed by atoms with Gasteiger partial charge in [0.1, 0.15) is 6.04 Å². The lowest BCUT2D eigenvalue weighted by Crippen LogP contribution is -2.34. The number of hydrogen-bond donors (Lipinski definition) is 1. The molecule has 0 saturated carbocycles. The average molecular weight is 376 g/mol. The highest BCUT2D eigenvalue weighted by atomic mass is 16.5. The third kappa shape index (κ3) is 3.50. The van der Waals surface area contributed by atoms with E-state index < -0.39 is 0 Å². The second-order valence-corrected chi connectivity index (χ2v) is 7.35. The Morgan fingerprint density at radius 2 is 1.93 bits per heavy atom. The van der Waals surface area contributed by atoms with E-state index in [2.05, 4.69) is 15.5 Å². The molecular formula is C22H24N4O2. The molecule has 28 heavy (non-hydrogen) atoms. The van der Waals surface area contributed by atoms with Crippen molar-refractivity contribution < 1.29 is 9.32 Å². The molecule has 0 bridgehead atoms. The Morgan fingerprint density at radius 1 is 1.14 bits per heavy atom. The van der Waals surface area contributed by atoms with E-state index in [0.29, 0.717) is 18.3 Å². The molecule has 1 unspecified atom stereocenters. The first-order valence-corrected chi connectivity index (χ1v) is 9.57. The lowest BCUT2D eigenvalue weighted by atomic mass is 10.1. The summed E-state index contributed by atoms with van der Waals surface area (Å²) in [5, 5.41) is 7.15. The molecule has 2 aromatic carbocycles. The number of likely N-dealkylation sites (tertiary alicyclic amines) is 1. The fourth-order valence-electron chi connectivity index (χ4n) is 3.53. The lowest BCUT2D eigenvalue weighted by molar-refractivity contribution is 0.193. The van der Waals surface area contributed by atoms with E-state index in [1.54, 1.807) is 4.90 Å². The maximum atomic E-state index is 12.9. The minimum Gasteiger partial charge on any atom is -0.337 e. The Morgan fingerprint density at radius 3 is 2.71 bits per heavy atom. The van der Waals surface area contributed by atoms with Crippen LogP contribution in [0.15, 0.2) is 47.0 Å². The van der Waals surface area contributed by atoms with E-state index in [1.165, 1.54) is 5.56 Å². The fourth-order valence-corrected chi connectivity index (χ4v) is 3.53. The van der Waals surface area contributed by atoms with Crippen molar-refractivity contribution in [1.29, 1.82) is 0 Å². The number of nitrogens with zero attached hydrogens (tertiary/aromatic N) is 3. The van der Waals surface area contributed by atoms with Crippen molar-refractivity contribution in [3.63, 3.8) is 0 Å². The van der Waals surface area contributed by atoms with Gasteiger partial charge in [-0.3, -0.25) is 0 Å². The van der Waals surface area contributed by atoms with Crippen LogP contribution in [0.25, 0.3) is 11.4 Å². The van der Waals surface area contributed by atoms with Gasteiger partial charge in [-0.2, -0.15) is 4.98 Å². The van der Waals surface area contributed by atoms with Gasteiger partial charge in [0.05, 0.1) is 0 Å². The van der Waals surface area contributed by atoms with Crippen LogP contribution in [0.3, 0.4) is 0 Å². The lowest BCUT2D eigenvalue weighted by Gasteiger charge is -2.23. The number of rotatable bonds is 3. The van der Waals surface area contributed by atoms with Gasteiger partial charge in [-0.25, -0.2) is 4.79 Å². The van der Waals surface area contributed by atoms with Gasteiger partial charge < -0.3 is 14.7 Å². The Labute approximate surface area is 164 Å². The average Bonchev–Trinajstić information content (AvgIpc) is 3.35. The summed E-state index contributed by atoms with van der Waals surface area (Å²) in [5.74, 6) is 1.04. The molecule has 1 aliphatic rings. The molecule has 3 aromatic rings. The Kier molecular flexibility index (Phi) is 4.86. The van der Waals surface area contributed by atoms with Gasteiger partial charge in [0.25, 0.3) is 0 Å². The van der Waals surface area contributed by atoms with Crippen molar-refractivity contribution in [3.8, 4) is 11.4 Å². The van der Waals surface area contributed by atoms with Crippen LogP contribution in [0.4, 0.5) is 10.5 Å². The molecule has 0 spiro atoms. The van der Waals surface area contributed by atoms with Crippen LogP contribution in [0, 0.1) is 20.8 Å². The number of amides is 2. The summed E-state index contributed by atoms with van der Waals surface area (Å²) < 4.78 is 5.52. The molecule has 6 nitrogen and oxygen atoms in total. The van der Waals surface area contributed by atoms with E-state index in [9.17, 15) is 4.79 Å². The largest absolute Gasteiger partial charge is 0.337 e. The van der Waals surface area contributed by atoms with Gasteiger partial charge in [0.15, 0.2) is 0 Å². The minimum absolute atomic E-state index is 0.133. The summed E-state index contributed by atoms with van der Waals surface area (Å²) in [5.41, 5.74) is 5.14. The number of nitrogens with one attached hydrogen (secondary N) is 1. The Bertz CT molecular complexity index is 994. The summed E-state index contributed by atoms with van der Waals surface area (Å²) in [6.07, 6.45) is 1.73. The standard InChI is InChI=1S/C22H24N4O2/c1-14-9-11-17(12-10-14)20-24-21(28-25-20)19-8-5-13-26(19)22(27)23-18-7-4-6-15(2)16(18)3/h4,6-7,9-12,19H,5,8,13H2,1-3H3,(H,23,27). The SMILES string of the molecule is Cc1ccc(-c2noc(C3CCCN3C(=O)Nc3cccc(C)c3C)n2)cc1. The first-order valence-electron chi connectivity index (χ1n) is 9.57. The van der Waals surface area contributed by atoms with Crippen LogP contribution in [0.5, 0.6) is 0 Å². The molecule has 4 rings (SSSR count). The number of carbonyl (C=O) groups excluding carboxylic acids is 1. The van der Waals surface area contributed by atoms with Crippen molar-refractivity contribution in [2.75, 3.05) is 11.9 Å². The van der Waals surface area contributed by atoms with Crippen LogP contribution in [0.1, 0.15) is 41.5 Å². The number of urea groups is 1. The van der Waals surface area contributed by atoms with Gasteiger partial charge in [0.2, 0.25) is 11.7 Å². The molecule has 1 atom stereocenters. The van der Waals surface area contributed by atoms with Crippen molar-refractivity contribution >= 4 is 11.7 Å². The zero-order chi connectivity index (χ0) is 19.7. The number of aromatic nitrogens is 2.